The second-order valence-corrected chi connectivity index (χ2v) is 3.61. The van der Waals surface area contributed by atoms with Gasteiger partial charge in [-0.05, 0) is 30.4 Å². The lowest BCUT2D eigenvalue weighted by Gasteiger charge is -2.01. The van der Waals surface area contributed by atoms with E-state index in [-0.39, 0.29) is 0 Å². The van der Waals surface area contributed by atoms with Crippen molar-refractivity contribution in [3.63, 3.8) is 0 Å². The largest absolute Gasteiger partial charge is 0.284 e. The first-order chi connectivity index (χ1) is 5.47. The van der Waals surface area contributed by atoms with Gasteiger partial charge < -0.3 is 0 Å². The van der Waals surface area contributed by atoms with E-state index in [4.69, 9.17) is 0 Å². The number of hydrogen-bond donors (Lipinski definition) is 0. The van der Waals surface area contributed by atoms with Crippen LogP contribution < -0.4 is 5.32 Å². The molecule has 0 spiro atoms. The van der Waals surface area contributed by atoms with Crippen LogP contribution in [0.25, 0.3) is 0 Å². The van der Waals surface area contributed by atoms with Gasteiger partial charge in [-0.25, -0.2) is 0 Å². The molecule has 1 aliphatic heterocycles. The van der Waals surface area contributed by atoms with Crippen molar-refractivity contribution in [1.82, 2.24) is 5.32 Å². The highest BCUT2D eigenvalue weighted by Gasteiger charge is 2.06. The minimum absolute atomic E-state index is 0.970. The Kier molecular flexibility index (Phi) is 2.04. The molecule has 0 N–H and O–H groups in total. The maximum absolute atomic E-state index is 4.43. The summed E-state index contributed by atoms with van der Waals surface area (Å²) >= 11 is 1.90. The number of benzene rings is 1. The zero-order chi connectivity index (χ0) is 7.52. The SMILES string of the molecule is [c]1ccc2c(c1)[N]CCCS2. The van der Waals surface area contributed by atoms with Gasteiger partial charge in [0.05, 0.1) is 5.69 Å². The summed E-state index contributed by atoms with van der Waals surface area (Å²) in [4.78, 5) is 1.31. The summed E-state index contributed by atoms with van der Waals surface area (Å²) in [6, 6.07) is 9.05. The summed E-state index contributed by atoms with van der Waals surface area (Å²) in [6.07, 6.45) is 1.19. The van der Waals surface area contributed by atoms with Crippen molar-refractivity contribution in [2.24, 2.45) is 0 Å². The van der Waals surface area contributed by atoms with E-state index < -0.39 is 0 Å². The third-order valence-electron chi connectivity index (χ3n) is 1.65. The molecule has 0 bridgehead atoms. The van der Waals surface area contributed by atoms with Gasteiger partial charge >= 0.3 is 0 Å². The smallest absolute Gasteiger partial charge is 0.0716 e. The molecule has 0 fully saturated rings. The number of nitrogens with zero attached hydrogens (tertiary/aromatic N) is 1. The standard InChI is InChI=1S/C9H9NS/c1-2-5-9-8(4-1)10-6-3-7-11-9/h2,4-5H,3,6-7H2. The van der Waals surface area contributed by atoms with E-state index in [1.54, 1.807) is 0 Å². The van der Waals surface area contributed by atoms with Crippen LogP contribution in [0.2, 0.25) is 0 Å². The third-order valence-corrected chi connectivity index (χ3v) is 2.79. The average molecular weight is 163 g/mol. The number of hydrogen-bond acceptors (Lipinski definition) is 1. The Morgan fingerprint density at radius 1 is 1.55 bits per heavy atom. The average Bonchev–Trinajstić information content (AvgIpc) is 2.28. The summed E-state index contributed by atoms with van der Waals surface area (Å²) in [5.74, 6) is 1.19. The van der Waals surface area contributed by atoms with Crippen LogP contribution in [-0.4, -0.2) is 12.3 Å². The molecule has 0 unspecified atom stereocenters. The molecule has 2 rings (SSSR count). The predicted molar refractivity (Wildman–Crippen MR) is 47.3 cm³/mol. The van der Waals surface area contributed by atoms with Gasteiger partial charge in [-0.3, -0.25) is 5.32 Å². The fraction of sp³-hybridized carbons (Fsp3) is 0.333. The lowest BCUT2D eigenvalue weighted by molar-refractivity contribution is 0.813. The van der Waals surface area contributed by atoms with E-state index in [1.807, 2.05) is 23.9 Å². The van der Waals surface area contributed by atoms with Gasteiger partial charge in [0.15, 0.2) is 0 Å². The number of fused-ring (bicyclic) bond motifs is 1. The van der Waals surface area contributed by atoms with Crippen molar-refractivity contribution < 1.29 is 0 Å². The summed E-state index contributed by atoms with van der Waals surface area (Å²) < 4.78 is 0. The van der Waals surface area contributed by atoms with Gasteiger partial charge in [-0.15, -0.1) is 11.8 Å². The van der Waals surface area contributed by atoms with Crippen LogP contribution in [0.1, 0.15) is 6.42 Å². The van der Waals surface area contributed by atoms with Gasteiger partial charge in [0.2, 0.25) is 0 Å². The third kappa shape index (κ3) is 1.51. The molecule has 0 aliphatic carbocycles. The summed E-state index contributed by atoms with van der Waals surface area (Å²) in [6.45, 7) is 0.970. The van der Waals surface area contributed by atoms with Gasteiger partial charge in [-0.1, -0.05) is 6.07 Å². The highest BCUT2D eigenvalue weighted by molar-refractivity contribution is 7.99. The molecule has 1 aromatic rings. The van der Waals surface area contributed by atoms with E-state index >= 15 is 0 Å². The second-order valence-electron chi connectivity index (χ2n) is 2.48. The number of thioether (sulfide) groups is 1. The van der Waals surface area contributed by atoms with Crippen molar-refractivity contribution in [2.75, 3.05) is 12.3 Å². The van der Waals surface area contributed by atoms with Gasteiger partial charge in [0, 0.05) is 11.4 Å². The first-order valence-corrected chi connectivity index (χ1v) is 4.76. The Hall–Kier alpha value is -0.630. The highest BCUT2D eigenvalue weighted by atomic mass is 32.2. The summed E-state index contributed by atoms with van der Waals surface area (Å²) in [5.41, 5.74) is 1.12. The molecule has 1 nitrogen and oxygen atoms in total. The molecule has 0 amide bonds. The molecule has 0 atom stereocenters. The van der Waals surface area contributed by atoms with Crippen LogP contribution in [0.3, 0.4) is 0 Å². The molecular formula is C9H9NS. The van der Waals surface area contributed by atoms with Crippen molar-refractivity contribution in [2.45, 2.75) is 11.3 Å². The van der Waals surface area contributed by atoms with E-state index in [0.717, 1.165) is 12.2 Å². The first-order valence-electron chi connectivity index (χ1n) is 3.77. The van der Waals surface area contributed by atoms with Crippen LogP contribution in [0, 0.1) is 6.07 Å². The number of rotatable bonds is 0. The van der Waals surface area contributed by atoms with Crippen molar-refractivity contribution in [3.05, 3.63) is 24.3 Å². The van der Waals surface area contributed by atoms with E-state index in [0.29, 0.717) is 0 Å². The van der Waals surface area contributed by atoms with E-state index in [1.165, 1.54) is 17.1 Å². The zero-order valence-electron chi connectivity index (χ0n) is 6.21. The first kappa shape index (κ1) is 7.04. The van der Waals surface area contributed by atoms with Crippen LogP contribution in [-0.2, 0) is 0 Å². The van der Waals surface area contributed by atoms with Crippen molar-refractivity contribution in [1.29, 1.82) is 0 Å². The molecular weight excluding hydrogens is 154 g/mol. The Morgan fingerprint density at radius 2 is 2.55 bits per heavy atom. The molecule has 11 heavy (non-hydrogen) atoms. The Balaban J connectivity index is 2.33. The van der Waals surface area contributed by atoms with Gasteiger partial charge in [0.1, 0.15) is 0 Å². The van der Waals surface area contributed by atoms with Gasteiger partial charge in [0.25, 0.3) is 0 Å². The lowest BCUT2D eigenvalue weighted by Crippen LogP contribution is -1.97. The summed E-state index contributed by atoms with van der Waals surface area (Å²) in [7, 11) is 0. The highest BCUT2D eigenvalue weighted by Crippen LogP contribution is 2.29. The maximum Gasteiger partial charge on any atom is 0.0716 e. The monoisotopic (exact) mass is 163 g/mol. The predicted octanol–water partition coefficient (Wildman–Crippen LogP) is 2.22. The van der Waals surface area contributed by atoms with E-state index in [9.17, 15) is 0 Å². The topological polar surface area (TPSA) is 14.1 Å². The molecule has 1 aliphatic rings. The minimum Gasteiger partial charge on any atom is -0.284 e. The molecule has 56 valence electrons. The molecule has 2 radical (unpaired) electrons. The molecule has 0 aromatic heterocycles. The Labute approximate surface area is 71.2 Å². The lowest BCUT2D eigenvalue weighted by atomic mass is 10.3. The fourth-order valence-corrected chi connectivity index (χ4v) is 2.03. The van der Waals surface area contributed by atoms with Crippen LogP contribution in [0.15, 0.2) is 23.1 Å². The Morgan fingerprint density at radius 3 is 3.55 bits per heavy atom. The van der Waals surface area contributed by atoms with Crippen LogP contribution in [0.5, 0.6) is 0 Å². The molecule has 0 saturated heterocycles. The van der Waals surface area contributed by atoms with E-state index in [2.05, 4.69) is 17.4 Å². The van der Waals surface area contributed by atoms with Crippen molar-refractivity contribution >= 4 is 17.4 Å². The van der Waals surface area contributed by atoms with Crippen LogP contribution >= 0.6 is 11.8 Å². The summed E-state index contributed by atoms with van der Waals surface area (Å²) in [5, 5.41) is 4.43. The molecule has 1 aromatic carbocycles. The second kappa shape index (κ2) is 3.18. The normalized spacial score (nSPS) is 16.4. The molecule has 0 saturated carbocycles. The van der Waals surface area contributed by atoms with Gasteiger partial charge in [-0.2, -0.15) is 0 Å². The molecule has 2 heteroatoms. The van der Waals surface area contributed by atoms with Crippen molar-refractivity contribution in [3.8, 4) is 0 Å². The molecule has 1 heterocycles. The zero-order valence-corrected chi connectivity index (χ0v) is 7.03. The fourth-order valence-electron chi connectivity index (χ4n) is 1.10. The quantitative estimate of drug-likeness (QED) is 0.572. The maximum atomic E-state index is 4.43. The van der Waals surface area contributed by atoms with Crippen LogP contribution in [0.4, 0.5) is 5.69 Å². The Bertz CT molecular complexity index is 222. The minimum atomic E-state index is 0.970.